The highest BCUT2D eigenvalue weighted by Crippen LogP contribution is 2.38. The van der Waals surface area contributed by atoms with Crippen molar-refractivity contribution in [1.29, 1.82) is 0 Å². The molecule has 0 aromatic heterocycles. The molecule has 170 valence electrons. The van der Waals surface area contributed by atoms with Gasteiger partial charge in [-0.1, -0.05) is 6.58 Å². The topological polar surface area (TPSA) is 119 Å². The molecule has 8 nitrogen and oxygen atoms in total. The molecule has 0 saturated heterocycles. The number of alkyl halides is 8. The summed E-state index contributed by atoms with van der Waals surface area (Å²) in [6.07, 6.45) is -11.6. The smallest absolute Gasteiger partial charge is 0.412 e. The van der Waals surface area contributed by atoms with Gasteiger partial charge < -0.3 is 14.8 Å². The SMILES string of the molecule is C=C(C)C(=O)OC(OCC(F)(F)S(=O)(=O)O)(C(=O)NC(C)C(F)(F)F)C(F)(F)F. The first-order valence-electron chi connectivity index (χ1n) is 6.90. The van der Waals surface area contributed by atoms with Crippen molar-refractivity contribution in [2.45, 2.75) is 43.3 Å². The summed E-state index contributed by atoms with van der Waals surface area (Å²) >= 11 is 0. The second-order valence-corrected chi connectivity index (χ2v) is 6.97. The van der Waals surface area contributed by atoms with Gasteiger partial charge in [0, 0.05) is 5.57 Å². The van der Waals surface area contributed by atoms with E-state index in [4.69, 9.17) is 4.55 Å². The Labute approximate surface area is 157 Å². The van der Waals surface area contributed by atoms with Crippen LogP contribution < -0.4 is 5.32 Å². The number of carbonyl (C=O) groups excluding carboxylic acids is 2. The Kier molecular flexibility index (Phi) is 7.81. The first-order valence-corrected chi connectivity index (χ1v) is 8.34. The molecule has 0 aromatic carbocycles. The average molecular weight is 467 g/mol. The minimum atomic E-state index is -6.38. The van der Waals surface area contributed by atoms with E-state index < -0.39 is 63.6 Å². The van der Waals surface area contributed by atoms with E-state index in [9.17, 15) is 53.1 Å². The molecule has 0 aromatic rings. The van der Waals surface area contributed by atoms with Gasteiger partial charge in [-0.3, -0.25) is 9.35 Å². The summed E-state index contributed by atoms with van der Waals surface area (Å²) in [5.41, 5.74) is -0.861. The average Bonchev–Trinajstić information content (AvgIpc) is 2.47. The van der Waals surface area contributed by atoms with Gasteiger partial charge in [0.05, 0.1) is 0 Å². The van der Waals surface area contributed by atoms with Crippen LogP contribution >= 0.6 is 0 Å². The van der Waals surface area contributed by atoms with Crippen LogP contribution in [-0.4, -0.2) is 60.9 Å². The molecule has 0 spiro atoms. The van der Waals surface area contributed by atoms with Crippen molar-refractivity contribution in [1.82, 2.24) is 5.32 Å². The normalized spacial score (nSPS) is 16.5. The molecule has 0 saturated carbocycles. The van der Waals surface area contributed by atoms with Crippen LogP contribution in [0.25, 0.3) is 0 Å². The number of ether oxygens (including phenoxy) is 2. The molecule has 2 atom stereocenters. The van der Waals surface area contributed by atoms with E-state index in [0.29, 0.717) is 5.32 Å². The molecule has 0 fully saturated rings. The number of hydrogen-bond donors (Lipinski definition) is 2. The molecular weight excluding hydrogens is 454 g/mol. The zero-order valence-corrected chi connectivity index (χ0v) is 15.1. The van der Waals surface area contributed by atoms with Crippen LogP contribution in [0.3, 0.4) is 0 Å². The highest BCUT2D eigenvalue weighted by molar-refractivity contribution is 7.86. The number of halogens is 8. The first-order chi connectivity index (χ1) is 12.6. The van der Waals surface area contributed by atoms with Crippen LogP contribution in [0.5, 0.6) is 0 Å². The van der Waals surface area contributed by atoms with Crippen LogP contribution in [0.4, 0.5) is 35.1 Å². The molecule has 0 aliphatic rings. The Bertz CT molecular complexity index is 761. The maximum absolute atomic E-state index is 13.4. The number of amides is 1. The maximum atomic E-state index is 13.4. The summed E-state index contributed by atoms with van der Waals surface area (Å²) in [5, 5.41) is -4.75. The summed E-state index contributed by atoms with van der Waals surface area (Å²) in [6.45, 7) is 0.796. The zero-order valence-electron chi connectivity index (χ0n) is 14.3. The first kappa shape index (κ1) is 27.0. The fraction of sp³-hybridized carbons (Fsp3) is 0.667. The van der Waals surface area contributed by atoms with Gasteiger partial charge in [0.2, 0.25) is 0 Å². The van der Waals surface area contributed by atoms with Crippen LogP contribution in [-0.2, 0) is 29.2 Å². The monoisotopic (exact) mass is 467 g/mol. The number of rotatable bonds is 8. The molecule has 0 aliphatic heterocycles. The molecular formula is C12H13F8NO7S. The molecule has 2 N–H and O–H groups in total. The second kappa shape index (κ2) is 8.39. The lowest BCUT2D eigenvalue weighted by atomic mass is 10.2. The minimum Gasteiger partial charge on any atom is -0.412 e. The van der Waals surface area contributed by atoms with Crippen LogP contribution in [0.1, 0.15) is 13.8 Å². The largest absolute Gasteiger partial charge is 0.466 e. The van der Waals surface area contributed by atoms with E-state index in [1.165, 1.54) is 0 Å². The standard InChI is InChI=1S/C12H13F8NO7S/c1-5(2)7(22)28-10(12(18,19)20,8(23)21-6(3)11(15,16)17)27-4-9(13,14)29(24,25)26/h6H,1,4H2,2-3H3,(H,21,23)(H,24,25,26). The van der Waals surface area contributed by atoms with Crippen molar-refractivity contribution >= 4 is 22.0 Å². The number of hydrogen-bond acceptors (Lipinski definition) is 6. The van der Waals surface area contributed by atoms with Crippen molar-refractivity contribution in [3.05, 3.63) is 12.2 Å². The lowest BCUT2D eigenvalue weighted by Gasteiger charge is -2.34. The summed E-state index contributed by atoms with van der Waals surface area (Å²) in [5.74, 6) is -10.2. The fourth-order valence-electron chi connectivity index (χ4n) is 1.26. The Hall–Kier alpha value is -2.01. The Morgan fingerprint density at radius 2 is 1.55 bits per heavy atom. The molecule has 2 unspecified atom stereocenters. The lowest BCUT2D eigenvalue weighted by Crippen LogP contribution is -2.64. The quantitative estimate of drug-likeness (QED) is 0.184. The van der Waals surface area contributed by atoms with E-state index in [1.54, 1.807) is 0 Å². The van der Waals surface area contributed by atoms with Gasteiger partial charge in [0.25, 0.3) is 0 Å². The third-order valence-corrected chi connectivity index (χ3v) is 3.79. The van der Waals surface area contributed by atoms with Crippen molar-refractivity contribution in [3.63, 3.8) is 0 Å². The lowest BCUT2D eigenvalue weighted by molar-refractivity contribution is -0.353. The van der Waals surface area contributed by atoms with Crippen LogP contribution in [0, 0.1) is 0 Å². The van der Waals surface area contributed by atoms with Crippen LogP contribution in [0.15, 0.2) is 12.2 Å². The van der Waals surface area contributed by atoms with E-state index in [-0.39, 0.29) is 6.92 Å². The predicted octanol–water partition coefficient (Wildman–Crippen LogP) is 1.93. The summed E-state index contributed by atoms with van der Waals surface area (Å²) in [4.78, 5) is 23.3. The van der Waals surface area contributed by atoms with Crippen molar-refractivity contribution < 1.29 is 67.2 Å². The third-order valence-electron chi connectivity index (χ3n) is 2.92. The Balaban J connectivity index is 6.32. The van der Waals surface area contributed by atoms with Gasteiger partial charge in [-0.05, 0) is 13.8 Å². The van der Waals surface area contributed by atoms with Crippen molar-refractivity contribution in [3.8, 4) is 0 Å². The predicted molar refractivity (Wildman–Crippen MR) is 75.8 cm³/mol. The molecule has 29 heavy (non-hydrogen) atoms. The molecule has 0 heterocycles. The van der Waals surface area contributed by atoms with Crippen LogP contribution in [0.2, 0.25) is 0 Å². The number of esters is 1. The highest BCUT2D eigenvalue weighted by atomic mass is 32.2. The van der Waals surface area contributed by atoms with Gasteiger partial charge in [-0.2, -0.15) is 43.5 Å². The molecule has 0 bridgehead atoms. The maximum Gasteiger partial charge on any atom is 0.466 e. The number of nitrogens with one attached hydrogen (secondary N) is 1. The summed E-state index contributed by atoms with van der Waals surface area (Å²) in [7, 11) is -6.38. The molecule has 0 aliphatic carbocycles. The van der Waals surface area contributed by atoms with Gasteiger partial charge >= 0.3 is 45.4 Å². The molecule has 17 heteroatoms. The van der Waals surface area contributed by atoms with E-state index in [2.05, 4.69) is 16.1 Å². The van der Waals surface area contributed by atoms with Crippen molar-refractivity contribution in [2.24, 2.45) is 0 Å². The van der Waals surface area contributed by atoms with Gasteiger partial charge in [-0.25, -0.2) is 4.79 Å². The fourth-order valence-corrected chi connectivity index (χ4v) is 1.47. The summed E-state index contributed by atoms with van der Waals surface area (Å²) < 4.78 is 141. The minimum absolute atomic E-state index is 0.159. The molecule has 0 radical (unpaired) electrons. The van der Waals surface area contributed by atoms with Gasteiger partial charge in [0.15, 0.2) is 0 Å². The Morgan fingerprint density at radius 3 is 1.86 bits per heavy atom. The second-order valence-electron chi connectivity index (χ2n) is 5.42. The number of carbonyl (C=O) groups is 2. The Morgan fingerprint density at radius 1 is 1.10 bits per heavy atom. The highest BCUT2D eigenvalue weighted by Gasteiger charge is 2.68. The van der Waals surface area contributed by atoms with E-state index in [1.807, 2.05) is 0 Å². The molecule has 1 amide bonds. The third kappa shape index (κ3) is 6.49. The van der Waals surface area contributed by atoms with Gasteiger partial charge in [-0.15, -0.1) is 0 Å². The zero-order chi connectivity index (χ0) is 23.6. The van der Waals surface area contributed by atoms with E-state index >= 15 is 0 Å². The van der Waals surface area contributed by atoms with Crippen molar-refractivity contribution in [2.75, 3.05) is 6.61 Å². The van der Waals surface area contributed by atoms with Gasteiger partial charge in [0.1, 0.15) is 12.6 Å². The summed E-state index contributed by atoms with van der Waals surface area (Å²) in [6, 6.07) is -3.01. The molecule has 0 rings (SSSR count). The van der Waals surface area contributed by atoms with E-state index in [0.717, 1.165) is 6.92 Å².